The normalized spacial score (nSPS) is 12.1. The van der Waals surface area contributed by atoms with E-state index >= 15 is 0 Å². The van der Waals surface area contributed by atoms with E-state index < -0.39 is 5.97 Å². The van der Waals surface area contributed by atoms with Crippen molar-refractivity contribution < 1.29 is 14.6 Å². The van der Waals surface area contributed by atoms with Crippen LogP contribution in [-0.2, 0) is 4.79 Å². The number of benzene rings is 1. The maximum Gasteiger partial charge on any atom is 0.316 e. The Labute approximate surface area is 106 Å². The smallest absolute Gasteiger partial charge is 0.316 e. The lowest BCUT2D eigenvalue weighted by atomic mass is 10.2. The van der Waals surface area contributed by atoms with Crippen LogP contribution in [-0.4, -0.2) is 23.4 Å². The number of unbranched alkanes of at least 4 members (excludes halogenated alkanes) is 1. The largest absolute Gasteiger partial charge is 0.497 e. The molecule has 1 aromatic rings. The molecule has 0 amide bonds. The molecule has 0 aliphatic heterocycles. The summed E-state index contributed by atoms with van der Waals surface area (Å²) in [6, 6.07) is 7.49. The van der Waals surface area contributed by atoms with Crippen LogP contribution in [0.1, 0.15) is 26.2 Å². The molecule has 0 aromatic heterocycles. The number of ether oxygens (including phenoxy) is 1. The van der Waals surface area contributed by atoms with Gasteiger partial charge in [0.2, 0.25) is 0 Å². The molecule has 17 heavy (non-hydrogen) atoms. The first-order valence-corrected chi connectivity index (χ1v) is 6.58. The number of carbonyl (C=O) groups is 1. The summed E-state index contributed by atoms with van der Waals surface area (Å²) >= 11 is 1.40. The Kier molecular flexibility index (Phi) is 5.91. The lowest BCUT2D eigenvalue weighted by Crippen LogP contribution is -2.15. The van der Waals surface area contributed by atoms with E-state index in [-0.39, 0.29) is 5.25 Å². The van der Waals surface area contributed by atoms with E-state index in [9.17, 15) is 4.79 Å². The van der Waals surface area contributed by atoms with Gasteiger partial charge in [-0.2, -0.15) is 0 Å². The molecule has 1 rings (SSSR count). The van der Waals surface area contributed by atoms with Crippen LogP contribution in [0.3, 0.4) is 0 Å². The molecule has 0 unspecified atom stereocenters. The highest BCUT2D eigenvalue weighted by molar-refractivity contribution is 8.00. The van der Waals surface area contributed by atoms with Crippen molar-refractivity contribution in [2.24, 2.45) is 0 Å². The maximum atomic E-state index is 11.1. The fourth-order valence-corrected chi connectivity index (χ4v) is 2.45. The zero-order valence-corrected chi connectivity index (χ0v) is 11.0. The van der Waals surface area contributed by atoms with Gasteiger partial charge < -0.3 is 9.84 Å². The minimum atomic E-state index is -0.737. The minimum absolute atomic E-state index is 0.358. The Hall–Kier alpha value is -1.16. The first-order chi connectivity index (χ1) is 8.17. The Balaban J connectivity index is 2.61. The molecule has 1 N–H and O–H groups in total. The fourth-order valence-electron chi connectivity index (χ4n) is 1.44. The van der Waals surface area contributed by atoms with Crippen LogP contribution < -0.4 is 4.74 Å². The fraction of sp³-hybridized carbons (Fsp3) is 0.462. The van der Waals surface area contributed by atoms with Crippen molar-refractivity contribution in [3.8, 4) is 5.75 Å². The van der Waals surface area contributed by atoms with Crippen molar-refractivity contribution in [3.63, 3.8) is 0 Å². The molecule has 0 radical (unpaired) electrons. The van der Waals surface area contributed by atoms with Crippen molar-refractivity contribution in [2.75, 3.05) is 7.11 Å². The number of carboxylic acids is 1. The number of carboxylic acid groups (broad SMARTS) is 1. The van der Waals surface area contributed by atoms with E-state index in [2.05, 4.69) is 6.92 Å². The van der Waals surface area contributed by atoms with Gasteiger partial charge in [-0.05, 0) is 30.7 Å². The van der Waals surface area contributed by atoms with Gasteiger partial charge in [-0.15, -0.1) is 11.8 Å². The van der Waals surface area contributed by atoms with Gasteiger partial charge in [-0.3, -0.25) is 4.79 Å². The van der Waals surface area contributed by atoms with Gasteiger partial charge in [-0.1, -0.05) is 19.8 Å². The molecule has 0 fully saturated rings. The van der Waals surface area contributed by atoms with Gasteiger partial charge in [0.15, 0.2) is 0 Å². The summed E-state index contributed by atoms with van der Waals surface area (Å²) in [7, 11) is 1.61. The van der Waals surface area contributed by atoms with E-state index in [0.717, 1.165) is 23.5 Å². The molecule has 3 nitrogen and oxygen atoms in total. The molecule has 0 bridgehead atoms. The minimum Gasteiger partial charge on any atom is -0.497 e. The van der Waals surface area contributed by atoms with Crippen LogP contribution in [0.5, 0.6) is 5.75 Å². The maximum absolute atomic E-state index is 11.1. The number of hydrogen-bond donors (Lipinski definition) is 1. The zero-order valence-electron chi connectivity index (χ0n) is 10.2. The summed E-state index contributed by atoms with van der Waals surface area (Å²) in [5.41, 5.74) is 0. The second kappa shape index (κ2) is 7.22. The van der Waals surface area contributed by atoms with E-state index in [4.69, 9.17) is 9.84 Å². The van der Waals surface area contributed by atoms with Crippen LogP contribution >= 0.6 is 11.8 Å². The Bertz CT molecular complexity index is 348. The second-order valence-electron chi connectivity index (χ2n) is 3.76. The quantitative estimate of drug-likeness (QED) is 0.757. The van der Waals surface area contributed by atoms with Crippen molar-refractivity contribution in [1.29, 1.82) is 0 Å². The zero-order chi connectivity index (χ0) is 12.7. The van der Waals surface area contributed by atoms with Gasteiger partial charge in [0.05, 0.1) is 7.11 Å². The summed E-state index contributed by atoms with van der Waals surface area (Å²) in [4.78, 5) is 12.1. The SMILES string of the molecule is CCCC[C@@H](Sc1ccc(OC)cc1)C(=O)O. The molecule has 0 aliphatic rings. The van der Waals surface area contributed by atoms with Gasteiger partial charge in [0, 0.05) is 4.90 Å². The third-order valence-electron chi connectivity index (χ3n) is 2.43. The molecule has 94 valence electrons. The van der Waals surface area contributed by atoms with E-state index in [1.54, 1.807) is 7.11 Å². The number of methoxy groups -OCH3 is 1. The van der Waals surface area contributed by atoms with E-state index in [1.807, 2.05) is 24.3 Å². The number of aliphatic carboxylic acids is 1. The topological polar surface area (TPSA) is 46.5 Å². The summed E-state index contributed by atoms with van der Waals surface area (Å²) < 4.78 is 5.06. The first-order valence-electron chi connectivity index (χ1n) is 5.71. The number of thioether (sulfide) groups is 1. The third kappa shape index (κ3) is 4.69. The van der Waals surface area contributed by atoms with Crippen LogP contribution in [0, 0.1) is 0 Å². The summed E-state index contributed by atoms with van der Waals surface area (Å²) in [5.74, 6) is 0.0500. The Morgan fingerprint density at radius 1 is 1.41 bits per heavy atom. The highest BCUT2D eigenvalue weighted by Crippen LogP contribution is 2.28. The van der Waals surface area contributed by atoms with Gasteiger partial charge in [-0.25, -0.2) is 0 Å². The van der Waals surface area contributed by atoms with Gasteiger partial charge in [0.25, 0.3) is 0 Å². The molecule has 1 aromatic carbocycles. The molecular formula is C13H18O3S. The molecule has 0 spiro atoms. The molecular weight excluding hydrogens is 236 g/mol. The van der Waals surface area contributed by atoms with Gasteiger partial charge in [0.1, 0.15) is 11.0 Å². The lowest BCUT2D eigenvalue weighted by molar-refractivity contribution is -0.136. The third-order valence-corrected chi connectivity index (χ3v) is 3.70. The van der Waals surface area contributed by atoms with Crippen LogP contribution in [0.15, 0.2) is 29.2 Å². The van der Waals surface area contributed by atoms with Crippen molar-refractivity contribution in [1.82, 2.24) is 0 Å². The predicted molar refractivity (Wildman–Crippen MR) is 69.8 cm³/mol. The average Bonchev–Trinajstić information content (AvgIpc) is 2.35. The first kappa shape index (κ1) is 13.9. The average molecular weight is 254 g/mol. The molecule has 0 heterocycles. The van der Waals surface area contributed by atoms with Crippen LogP contribution in [0.2, 0.25) is 0 Å². The van der Waals surface area contributed by atoms with Crippen molar-refractivity contribution >= 4 is 17.7 Å². The summed E-state index contributed by atoms with van der Waals surface area (Å²) in [6.45, 7) is 2.07. The predicted octanol–water partition coefficient (Wildman–Crippen LogP) is 3.43. The highest BCUT2D eigenvalue weighted by atomic mass is 32.2. The molecule has 0 saturated carbocycles. The van der Waals surface area contributed by atoms with E-state index in [1.165, 1.54) is 11.8 Å². The molecule has 4 heteroatoms. The van der Waals surface area contributed by atoms with Gasteiger partial charge >= 0.3 is 5.97 Å². The highest BCUT2D eigenvalue weighted by Gasteiger charge is 2.17. The Morgan fingerprint density at radius 3 is 2.53 bits per heavy atom. The second-order valence-corrected chi connectivity index (χ2v) is 5.04. The van der Waals surface area contributed by atoms with Crippen LogP contribution in [0.4, 0.5) is 0 Å². The number of hydrogen-bond acceptors (Lipinski definition) is 3. The van der Waals surface area contributed by atoms with Crippen LogP contribution in [0.25, 0.3) is 0 Å². The van der Waals surface area contributed by atoms with Crippen molar-refractivity contribution in [3.05, 3.63) is 24.3 Å². The van der Waals surface area contributed by atoms with E-state index in [0.29, 0.717) is 6.42 Å². The van der Waals surface area contributed by atoms with Crippen molar-refractivity contribution in [2.45, 2.75) is 36.3 Å². The molecule has 0 saturated heterocycles. The molecule has 1 atom stereocenters. The molecule has 0 aliphatic carbocycles. The summed E-state index contributed by atoms with van der Waals surface area (Å²) in [5, 5.41) is 8.76. The summed E-state index contributed by atoms with van der Waals surface area (Å²) in [6.07, 6.45) is 2.68. The number of rotatable bonds is 7. The monoisotopic (exact) mass is 254 g/mol. The lowest BCUT2D eigenvalue weighted by Gasteiger charge is -2.11. The Morgan fingerprint density at radius 2 is 2.06 bits per heavy atom. The standard InChI is InChI=1S/C13H18O3S/c1-3-4-5-12(13(14)15)17-11-8-6-10(16-2)7-9-11/h6-9,12H,3-5H2,1-2H3,(H,14,15)/t12-/m1/s1.